The van der Waals surface area contributed by atoms with E-state index in [4.69, 9.17) is 9.72 Å². The SMILES string of the molecule is CCc1nc2c(cnn2CC)c(NC2CCOCC2)c1CNC(=O)c1cc(C)cc(C(=O)NCc2ccc(C)c(-c3cccc(CN4CCNC[C@@H]4C)c3)c2)c1. The van der Waals surface area contributed by atoms with Crippen LogP contribution in [0.3, 0.4) is 0 Å². The van der Waals surface area contributed by atoms with Crippen molar-refractivity contribution in [3.05, 3.63) is 111 Å². The molecule has 11 heteroatoms. The molecule has 0 aliphatic carbocycles. The zero-order valence-corrected chi connectivity index (χ0v) is 33.5. The molecule has 0 bridgehead atoms. The van der Waals surface area contributed by atoms with Crippen LogP contribution in [0.1, 0.15) is 87.8 Å². The Bertz CT molecular complexity index is 2190. The van der Waals surface area contributed by atoms with E-state index in [0.29, 0.717) is 49.9 Å². The number of pyridine rings is 1. The minimum absolute atomic E-state index is 0.226. The first-order valence-electron chi connectivity index (χ1n) is 20.2. The van der Waals surface area contributed by atoms with Crippen LogP contribution in [0.5, 0.6) is 0 Å². The van der Waals surface area contributed by atoms with Crippen molar-refractivity contribution in [2.24, 2.45) is 0 Å². The minimum Gasteiger partial charge on any atom is -0.381 e. The van der Waals surface area contributed by atoms with Crippen molar-refractivity contribution in [2.45, 2.75) is 92.1 Å². The van der Waals surface area contributed by atoms with Crippen LogP contribution in [0, 0.1) is 13.8 Å². The van der Waals surface area contributed by atoms with Crippen molar-refractivity contribution in [2.75, 3.05) is 38.2 Å². The smallest absolute Gasteiger partial charge is 0.251 e. The van der Waals surface area contributed by atoms with Gasteiger partial charge in [-0.05, 0) is 111 Å². The lowest BCUT2D eigenvalue weighted by Crippen LogP contribution is -2.49. The van der Waals surface area contributed by atoms with Crippen molar-refractivity contribution in [3.8, 4) is 11.1 Å². The van der Waals surface area contributed by atoms with Gasteiger partial charge < -0.3 is 26.0 Å². The molecule has 2 aromatic heterocycles. The van der Waals surface area contributed by atoms with Crippen LogP contribution >= 0.6 is 0 Å². The second kappa shape index (κ2) is 17.8. The highest BCUT2D eigenvalue weighted by Gasteiger charge is 2.23. The maximum absolute atomic E-state index is 13.8. The Morgan fingerprint density at radius 2 is 1.70 bits per heavy atom. The Morgan fingerprint density at radius 3 is 2.43 bits per heavy atom. The fourth-order valence-electron chi connectivity index (χ4n) is 7.98. The van der Waals surface area contributed by atoms with Gasteiger partial charge in [0.05, 0.1) is 17.3 Å². The van der Waals surface area contributed by atoms with E-state index in [1.807, 2.05) is 29.9 Å². The quantitative estimate of drug-likeness (QED) is 0.107. The molecule has 2 fully saturated rings. The topological polar surface area (TPSA) is 125 Å². The number of fused-ring (bicyclic) bond motifs is 1. The van der Waals surface area contributed by atoms with Crippen LogP contribution in [0.2, 0.25) is 0 Å². The van der Waals surface area contributed by atoms with Gasteiger partial charge in [0.1, 0.15) is 0 Å². The van der Waals surface area contributed by atoms with E-state index in [2.05, 4.69) is 101 Å². The Hall–Kier alpha value is -5.10. The molecule has 2 aliphatic rings. The van der Waals surface area contributed by atoms with Crippen molar-refractivity contribution < 1.29 is 14.3 Å². The van der Waals surface area contributed by atoms with Gasteiger partial charge in [-0.1, -0.05) is 37.3 Å². The zero-order valence-electron chi connectivity index (χ0n) is 33.5. The highest BCUT2D eigenvalue weighted by atomic mass is 16.5. The number of anilines is 1. The lowest BCUT2D eigenvalue weighted by Gasteiger charge is -2.34. The number of ether oxygens (including phenoxy) is 1. The van der Waals surface area contributed by atoms with Gasteiger partial charge in [0.15, 0.2) is 5.65 Å². The van der Waals surface area contributed by atoms with E-state index >= 15 is 0 Å². The van der Waals surface area contributed by atoms with Gasteiger partial charge in [0.25, 0.3) is 11.8 Å². The highest BCUT2D eigenvalue weighted by Crippen LogP contribution is 2.32. The number of benzene rings is 3. The molecule has 1 atom stereocenters. The highest BCUT2D eigenvalue weighted by molar-refractivity contribution is 6.00. The van der Waals surface area contributed by atoms with E-state index in [1.165, 1.54) is 16.7 Å². The standard InChI is InChI=1S/C45H56N8O3/c1-6-41-39(42(50-37-13-17-56-18-14-37)40-27-49-53(7-2)43(40)51-41)26-48-45(55)36-20-29(3)19-35(23-36)44(54)47-25-32-12-11-30(4)38(22-32)34-10-8-9-33(21-34)28-52-16-15-46-24-31(52)5/h8-12,19-23,27,31,37,46H,6-7,13-18,24-26,28H2,1-5H3,(H,47,54)(H,48,55)(H,50,51)/t31-/m0/s1. The summed E-state index contributed by atoms with van der Waals surface area (Å²) in [5.74, 6) is -0.473. The molecule has 0 radical (unpaired) electrons. The maximum atomic E-state index is 13.8. The van der Waals surface area contributed by atoms with Crippen molar-refractivity contribution in [3.63, 3.8) is 0 Å². The molecule has 2 saturated heterocycles. The van der Waals surface area contributed by atoms with E-state index in [0.717, 1.165) is 83.7 Å². The van der Waals surface area contributed by atoms with Crippen LogP contribution < -0.4 is 21.3 Å². The summed E-state index contributed by atoms with van der Waals surface area (Å²) in [5, 5.41) is 19.1. The third kappa shape index (κ3) is 8.96. The van der Waals surface area contributed by atoms with Crippen molar-refractivity contribution >= 4 is 28.5 Å². The second-order valence-corrected chi connectivity index (χ2v) is 15.3. The third-order valence-corrected chi connectivity index (χ3v) is 11.2. The molecule has 11 nitrogen and oxygen atoms in total. The molecule has 4 N–H and O–H groups in total. The van der Waals surface area contributed by atoms with Crippen molar-refractivity contribution in [1.29, 1.82) is 0 Å². The predicted molar refractivity (Wildman–Crippen MR) is 223 cm³/mol. The summed E-state index contributed by atoms with van der Waals surface area (Å²) in [7, 11) is 0. The number of carbonyl (C=O) groups is 2. The van der Waals surface area contributed by atoms with E-state index in [1.54, 1.807) is 6.07 Å². The summed E-state index contributed by atoms with van der Waals surface area (Å²) in [6.07, 6.45) is 4.39. The molecule has 5 aromatic rings. The average molecular weight is 757 g/mol. The molecule has 56 heavy (non-hydrogen) atoms. The number of carbonyl (C=O) groups excluding carboxylic acids is 2. The van der Waals surface area contributed by atoms with Crippen LogP contribution in [-0.4, -0.2) is 76.4 Å². The molecule has 7 rings (SSSR count). The van der Waals surface area contributed by atoms with Crippen LogP contribution in [0.25, 0.3) is 22.2 Å². The Kier molecular flexibility index (Phi) is 12.4. The number of nitrogens with one attached hydrogen (secondary N) is 4. The normalized spacial score (nSPS) is 16.6. The number of piperazine rings is 1. The fourth-order valence-corrected chi connectivity index (χ4v) is 7.98. The second-order valence-electron chi connectivity index (χ2n) is 15.3. The third-order valence-electron chi connectivity index (χ3n) is 11.2. The lowest BCUT2D eigenvalue weighted by molar-refractivity contribution is 0.0904. The molecule has 2 amide bonds. The number of hydrogen-bond acceptors (Lipinski definition) is 8. The predicted octanol–water partition coefficient (Wildman–Crippen LogP) is 6.54. The average Bonchev–Trinajstić information content (AvgIpc) is 3.63. The lowest BCUT2D eigenvalue weighted by atomic mass is 9.96. The van der Waals surface area contributed by atoms with Crippen molar-refractivity contribution in [1.82, 2.24) is 35.6 Å². The molecule has 0 spiro atoms. The number of aromatic nitrogens is 3. The first kappa shape index (κ1) is 39.1. The maximum Gasteiger partial charge on any atom is 0.251 e. The Morgan fingerprint density at radius 1 is 0.929 bits per heavy atom. The largest absolute Gasteiger partial charge is 0.381 e. The number of hydrogen-bond donors (Lipinski definition) is 4. The van der Waals surface area contributed by atoms with E-state index in [9.17, 15) is 9.59 Å². The summed E-state index contributed by atoms with van der Waals surface area (Å²) in [6, 6.07) is 21.2. The summed E-state index contributed by atoms with van der Waals surface area (Å²) < 4.78 is 7.53. The van der Waals surface area contributed by atoms with Gasteiger partial charge in [-0.15, -0.1) is 0 Å². The number of nitrogens with zero attached hydrogens (tertiary/aromatic N) is 4. The first-order valence-corrected chi connectivity index (χ1v) is 20.2. The molecule has 3 aromatic carbocycles. The van der Waals surface area contributed by atoms with Crippen LogP contribution in [0.4, 0.5) is 5.69 Å². The molecular formula is C45H56N8O3. The van der Waals surface area contributed by atoms with Gasteiger partial charge in [-0.2, -0.15) is 5.10 Å². The van der Waals surface area contributed by atoms with Gasteiger partial charge in [0, 0.05) is 93.5 Å². The number of amides is 2. The van der Waals surface area contributed by atoms with Crippen LogP contribution in [0.15, 0.2) is 66.9 Å². The van der Waals surface area contributed by atoms with Gasteiger partial charge in [-0.3, -0.25) is 14.5 Å². The summed E-state index contributed by atoms with van der Waals surface area (Å²) in [4.78, 5) is 34.9. The number of rotatable bonds is 13. The molecular weight excluding hydrogens is 701 g/mol. The molecule has 0 unspecified atom stereocenters. The van der Waals surface area contributed by atoms with Gasteiger partial charge >= 0.3 is 0 Å². The molecule has 2 aliphatic heterocycles. The molecule has 4 heterocycles. The minimum atomic E-state index is -0.247. The summed E-state index contributed by atoms with van der Waals surface area (Å²) >= 11 is 0. The summed E-state index contributed by atoms with van der Waals surface area (Å²) in [6.45, 7) is 17.3. The number of aryl methyl sites for hydroxylation is 4. The Labute approximate surface area is 330 Å². The monoisotopic (exact) mass is 756 g/mol. The van der Waals surface area contributed by atoms with E-state index in [-0.39, 0.29) is 24.4 Å². The molecule has 0 saturated carbocycles. The van der Waals surface area contributed by atoms with E-state index < -0.39 is 0 Å². The molecule has 294 valence electrons. The Balaban J connectivity index is 1.04. The van der Waals surface area contributed by atoms with Gasteiger partial charge in [0.2, 0.25) is 0 Å². The van der Waals surface area contributed by atoms with Crippen LogP contribution in [-0.2, 0) is 37.3 Å². The fraction of sp³-hybridized carbons (Fsp3) is 0.422. The van der Waals surface area contributed by atoms with Gasteiger partial charge in [-0.25, -0.2) is 9.67 Å². The first-order chi connectivity index (χ1) is 27.2. The zero-order chi connectivity index (χ0) is 39.2. The summed E-state index contributed by atoms with van der Waals surface area (Å²) in [5.41, 5.74) is 11.2.